The monoisotopic (exact) mass is 527 g/mol. The van der Waals surface area contributed by atoms with Crippen molar-refractivity contribution >= 4 is 29.6 Å². The Morgan fingerprint density at radius 2 is 1.43 bits per heavy atom. The number of para-hydroxylation sites is 1. The molecule has 196 valence electrons. The maximum Gasteiger partial charge on any atom is 0.271 e. The van der Waals surface area contributed by atoms with Gasteiger partial charge in [-0.05, 0) is 58.7 Å². The molecule has 3 amide bonds. The number of methoxy groups -OCH3 is 1. The van der Waals surface area contributed by atoms with Crippen LogP contribution in [0, 0.1) is 11.8 Å². The van der Waals surface area contributed by atoms with Gasteiger partial charge < -0.3 is 4.74 Å². The summed E-state index contributed by atoms with van der Waals surface area (Å²) in [4.78, 5) is 42.7. The Hall–Kier alpha value is -5.04. The molecule has 3 aliphatic carbocycles. The number of carbonyl (C=O) groups excluding carboxylic acids is 3. The van der Waals surface area contributed by atoms with E-state index in [4.69, 9.17) is 4.74 Å². The molecule has 4 aromatic carbocycles. The number of hydrazone groups is 1. The molecule has 2 atom stereocenters. The van der Waals surface area contributed by atoms with Crippen LogP contribution in [0.3, 0.4) is 0 Å². The minimum Gasteiger partial charge on any atom is -0.497 e. The van der Waals surface area contributed by atoms with Crippen LogP contribution in [0.15, 0.2) is 108 Å². The number of ether oxygens (including phenoxy) is 1. The van der Waals surface area contributed by atoms with E-state index in [1.807, 2.05) is 66.7 Å². The molecular formula is C33H25N3O4. The lowest BCUT2D eigenvalue weighted by atomic mass is 9.47. The van der Waals surface area contributed by atoms with Gasteiger partial charge in [-0.1, -0.05) is 66.7 Å². The van der Waals surface area contributed by atoms with E-state index >= 15 is 0 Å². The Morgan fingerprint density at radius 3 is 2.05 bits per heavy atom. The molecule has 2 bridgehead atoms. The lowest BCUT2D eigenvalue weighted by molar-refractivity contribution is -0.122. The molecule has 7 heteroatoms. The molecule has 40 heavy (non-hydrogen) atoms. The summed E-state index contributed by atoms with van der Waals surface area (Å²) in [6.07, 6.45) is 1.67. The maximum absolute atomic E-state index is 14.3. The molecule has 0 spiro atoms. The van der Waals surface area contributed by atoms with Crippen molar-refractivity contribution in [3.8, 4) is 5.75 Å². The largest absolute Gasteiger partial charge is 0.497 e. The Morgan fingerprint density at radius 1 is 0.825 bits per heavy atom. The minimum absolute atomic E-state index is 0.213. The first kappa shape index (κ1) is 24.0. The highest BCUT2D eigenvalue weighted by Gasteiger charge is 2.68. The summed E-state index contributed by atoms with van der Waals surface area (Å²) >= 11 is 0. The topological polar surface area (TPSA) is 88.1 Å². The van der Waals surface area contributed by atoms with Crippen LogP contribution in [0.1, 0.15) is 38.5 Å². The van der Waals surface area contributed by atoms with E-state index in [9.17, 15) is 14.4 Å². The third-order valence-corrected chi connectivity index (χ3v) is 8.48. The predicted octanol–water partition coefficient (Wildman–Crippen LogP) is 4.66. The van der Waals surface area contributed by atoms with Gasteiger partial charge >= 0.3 is 0 Å². The molecular weight excluding hydrogens is 502 g/mol. The fraction of sp³-hybridized carbons (Fsp3) is 0.152. The minimum atomic E-state index is -1.05. The molecule has 4 aromatic rings. The molecule has 1 N–H and O–H groups in total. The van der Waals surface area contributed by atoms with E-state index in [1.54, 1.807) is 49.7 Å². The number of nitrogens with one attached hydrogen (secondary N) is 1. The van der Waals surface area contributed by atoms with Crippen LogP contribution in [0.4, 0.5) is 5.69 Å². The highest BCUT2D eigenvalue weighted by molar-refractivity contribution is 6.25. The normalized spacial score (nSPS) is 24.0. The third-order valence-electron chi connectivity index (χ3n) is 8.48. The summed E-state index contributed by atoms with van der Waals surface area (Å²) in [6.45, 7) is 0. The van der Waals surface area contributed by atoms with Crippen molar-refractivity contribution in [3.63, 3.8) is 0 Å². The van der Waals surface area contributed by atoms with Crippen LogP contribution >= 0.6 is 0 Å². The van der Waals surface area contributed by atoms with Gasteiger partial charge in [-0.15, -0.1) is 0 Å². The Kier molecular flexibility index (Phi) is 5.42. The van der Waals surface area contributed by atoms with Crippen molar-refractivity contribution in [2.75, 3.05) is 12.0 Å². The molecule has 1 heterocycles. The van der Waals surface area contributed by atoms with Crippen LogP contribution in [0.25, 0.3) is 0 Å². The van der Waals surface area contributed by atoms with Gasteiger partial charge in [0, 0.05) is 17.7 Å². The average Bonchev–Trinajstić information content (AvgIpc) is 3.28. The predicted molar refractivity (Wildman–Crippen MR) is 150 cm³/mol. The SMILES string of the molecule is COc1ccc(C(=O)N/N=C\C23c4ccccc4C(c4ccccc42)[C@H]2C(=O)N(c4ccccc4)C(=O)[C@H]23)cc1. The molecule has 8 rings (SSSR count). The molecule has 1 aliphatic heterocycles. The number of anilines is 1. The van der Waals surface area contributed by atoms with Gasteiger partial charge in [-0.3, -0.25) is 14.4 Å². The summed E-state index contributed by atoms with van der Waals surface area (Å²) in [5.74, 6) is -1.79. The van der Waals surface area contributed by atoms with E-state index in [0.717, 1.165) is 22.3 Å². The van der Waals surface area contributed by atoms with Gasteiger partial charge in [-0.2, -0.15) is 5.10 Å². The fourth-order valence-corrected chi connectivity index (χ4v) is 6.88. The van der Waals surface area contributed by atoms with Crippen LogP contribution < -0.4 is 15.1 Å². The van der Waals surface area contributed by atoms with Crippen molar-refractivity contribution in [2.45, 2.75) is 11.3 Å². The standard InChI is InChI=1S/C33H25N3O4/c1-40-22-17-15-20(16-18-22)30(37)35-34-19-33-25-13-7-5-11-23(25)27(24-12-6-8-14-26(24)33)28-29(33)32(39)36(31(28)38)21-9-3-2-4-10-21/h2-19,27-29H,1H3,(H,35,37)/b34-19-/t27?,28-,29+,33?/m1/s1. The Labute approximate surface area is 231 Å². The zero-order valence-electron chi connectivity index (χ0n) is 21.7. The molecule has 7 nitrogen and oxygen atoms in total. The second-order valence-corrected chi connectivity index (χ2v) is 10.3. The number of hydrogen-bond donors (Lipinski definition) is 1. The fourth-order valence-electron chi connectivity index (χ4n) is 6.88. The van der Waals surface area contributed by atoms with Gasteiger partial charge in [0.25, 0.3) is 5.91 Å². The summed E-state index contributed by atoms with van der Waals surface area (Å²) in [7, 11) is 1.56. The first-order valence-corrected chi connectivity index (χ1v) is 13.2. The smallest absolute Gasteiger partial charge is 0.271 e. The molecule has 0 radical (unpaired) electrons. The van der Waals surface area contributed by atoms with Crippen LogP contribution in [-0.4, -0.2) is 31.0 Å². The van der Waals surface area contributed by atoms with E-state index in [0.29, 0.717) is 17.0 Å². The zero-order chi connectivity index (χ0) is 27.4. The van der Waals surface area contributed by atoms with Gasteiger partial charge in [0.15, 0.2) is 0 Å². The van der Waals surface area contributed by atoms with Crippen molar-refractivity contribution < 1.29 is 19.1 Å². The van der Waals surface area contributed by atoms with Gasteiger partial charge in [0.2, 0.25) is 11.8 Å². The third kappa shape index (κ3) is 3.24. The zero-order valence-corrected chi connectivity index (χ0v) is 21.7. The van der Waals surface area contributed by atoms with Gasteiger partial charge in [-0.25, -0.2) is 10.3 Å². The van der Waals surface area contributed by atoms with Crippen LogP contribution in [0.2, 0.25) is 0 Å². The second-order valence-electron chi connectivity index (χ2n) is 10.3. The molecule has 1 saturated heterocycles. The molecule has 0 saturated carbocycles. The number of nitrogens with zero attached hydrogens (tertiary/aromatic N) is 2. The first-order chi connectivity index (χ1) is 19.6. The Bertz CT molecular complexity index is 1650. The van der Waals surface area contributed by atoms with Crippen molar-refractivity contribution in [2.24, 2.45) is 16.9 Å². The number of imide groups is 1. The number of rotatable bonds is 5. The first-order valence-electron chi connectivity index (χ1n) is 13.2. The van der Waals surface area contributed by atoms with Gasteiger partial charge in [0.05, 0.1) is 30.0 Å². The lowest BCUT2D eigenvalue weighted by Gasteiger charge is -2.52. The van der Waals surface area contributed by atoms with Crippen LogP contribution in [-0.2, 0) is 15.0 Å². The number of benzene rings is 4. The van der Waals surface area contributed by atoms with Crippen molar-refractivity contribution in [1.82, 2.24) is 5.43 Å². The second kappa shape index (κ2) is 9.02. The summed E-state index contributed by atoms with van der Waals surface area (Å²) in [5, 5.41) is 4.46. The lowest BCUT2D eigenvalue weighted by Crippen LogP contribution is -2.54. The van der Waals surface area contributed by atoms with Crippen molar-refractivity contribution in [3.05, 3.63) is 131 Å². The highest BCUT2D eigenvalue weighted by atomic mass is 16.5. The number of hydrogen-bond acceptors (Lipinski definition) is 5. The summed E-state index contributed by atoms with van der Waals surface area (Å²) in [6, 6.07) is 31.7. The van der Waals surface area contributed by atoms with Gasteiger partial charge in [0.1, 0.15) is 5.75 Å². The molecule has 0 unspecified atom stereocenters. The highest BCUT2D eigenvalue weighted by Crippen LogP contribution is 2.63. The number of amides is 3. The van der Waals surface area contributed by atoms with E-state index in [1.165, 1.54) is 4.90 Å². The maximum atomic E-state index is 14.3. The molecule has 0 aromatic heterocycles. The summed E-state index contributed by atoms with van der Waals surface area (Å²) < 4.78 is 5.18. The van der Waals surface area contributed by atoms with E-state index in [2.05, 4.69) is 10.5 Å². The molecule has 1 fully saturated rings. The average molecular weight is 528 g/mol. The quantitative estimate of drug-likeness (QED) is 0.232. The summed E-state index contributed by atoms with van der Waals surface area (Å²) in [5.41, 5.74) is 6.45. The van der Waals surface area contributed by atoms with Crippen molar-refractivity contribution in [1.29, 1.82) is 0 Å². The molecule has 4 aliphatic rings. The number of carbonyl (C=O) groups is 3. The van der Waals surface area contributed by atoms with E-state index < -0.39 is 23.2 Å². The van der Waals surface area contributed by atoms with E-state index in [-0.39, 0.29) is 17.7 Å². The Balaban J connectivity index is 1.37. The van der Waals surface area contributed by atoms with Crippen LogP contribution in [0.5, 0.6) is 5.75 Å².